The third kappa shape index (κ3) is 5.91. The smallest absolute Gasteiger partial charge is 0.361 e. The Morgan fingerprint density at radius 3 is 2.48 bits per heavy atom. The Bertz CT molecular complexity index is 1020. The SMILES string of the molecule is CCOC(=O)C(Cc1ccccc1)C(CSc1ccc2ccccc2n1)(OCC)[PH+]=O. The second-order valence-electron chi connectivity index (χ2n) is 7.05. The molecule has 0 aliphatic carbocycles. The van der Waals surface area contributed by atoms with E-state index in [9.17, 15) is 9.36 Å². The fourth-order valence-corrected chi connectivity index (χ4v) is 5.46. The van der Waals surface area contributed by atoms with E-state index in [4.69, 9.17) is 9.47 Å². The normalized spacial score (nSPS) is 14.3. The van der Waals surface area contributed by atoms with Crippen LogP contribution in [0, 0.1) is 5.92 Å². The predicted molar refractivity (Wildman–Crippen MR) is 126 cm³/mol. The second-order valence-corrected chi connectivity index (χ2v) is 9.10. The first-order valence-electron chi connectivity index (χ1n) is 10.3. The minimum absolute atomic E-state index is 0.258. The number of hydrogen-bond acceptors (Lipinski definition) is 6. The molecule has 0 bridgehead atoms. The van der Waals surface area contributed by atoms with Crippen LogP contribution in [0.3, 0.4) is 0 Å². The number of rotatable bonds is 11. The number of benzene rings is 2. The molecule has 7 heteroatoms. The van der Waals surface area contributed by atoms with Crippen molar-refractivity contribution < 1.29 is 18.8 Å². The molecular formula is C24H27NO4PS+. The number of nitrogens with zero attached hydrogens (tertiary/aromatic N) is 1. The molecule has 5 nitrogen and oxygen atoms in total. The number of thioether (sulfide) groups is 1. The highest BCUT2D eigenvalue weighted by Crippen LogP contribution is 2.41. The molecule has 3 rings (SSSR count). The van der Waals surface area contributed by atoms with Gasteiger partial charge in [-0.1, -0.05) is 70.9 Å². The van der Waals surface area contributed by atoms with E-state index in [0.717, 1.165) is 21.5 Å². The van der Waals surface area contributed by atoms with Crippen LogP contribution in [0.1, 0.15) is 19.4 Å². The number of para-hydroxylation sites is 1. The summed E-state index contributed by atoms with van der Waals surface area (Å²) in [5, 5.41) is 0.680. The topological polar surface area (TPSA) is 65.5 Å². The van der Waals surface area contributed by atoms with Gasteiger partial charge < -0.3 is 9.47 Å². The Morgan fingerprint density at radius 2 is 1.77 bits per heavy atom. The van der Waals surface area contributed by atoms with Crippen molar-refractivity contribution in [2.24, 2.45) is 5.92 Å². The molecule has 0 saturated heterocycles. The fraction of sp³-hybridized carbons (Fsp3) is 0.333. The van der Waals surface area contributed by atoms with Crippen molar-refractivity contribution in [3.05, 3.63) is 72.3 Å². The highest BCUT2D eigenvalue weighted by molar-refractivity contribution is 7.99. The molecule has 1 heterocycles. The summed E-state index contributed by atoms with van der Waals surface area (Å²) in [6.45, 7) is 4.21. The van der Waals surface area contributed by atoms with Gasteiger partial charge in [-0.15, -0.1) is 0 Å². The maximum Gasteiger partial charge on any atom is 0.361 e. The van der Waals surface area contributed by atoms with Crippen LogP contribution >= 0.6 is 20.2 Å². The van der Waals surface area contributed by atoms with Crippen molar-refractivity contribution in [1.82, 2.24) is 4.98 Å². The summed E-state index contributed by atoms with van der Waals surface area (Å²) in [5.41, 5.74) is 1.86. The van der Waals surface area contributed by atoms with Gasteiger partial charge in [-0.2, -0.15) is 0 Å². The Balaban J connectivity index is 1.90. The van der Waals surface area contributed by atoms with Gasteiger partial charge in [0.1, 0.15) is 5.92 Å². The van der Waals surface area contributed by atoms with Gasteiger partial charge in [0.2, 0.25) is 0 Å². The molecule has 3 unspecified atom stereocenters. The largest absolute Gasteiger partial charge is 0.466 e. The molecule has 3 atom stereocenters. The van der Waals surface area contributed by atoms with Crippen LogP contribution in [-0.2, 0) is 25.3 Å². The maximum absolute atomic E-state index is 13.0. The number of carbonyl (C=O) groups is 1. The lowest BCUT2D eigenvalue weighted by molar-refractivity contribution is -0.155. The van der Waals surface area contributed by atoms with Gasteiger partial charge in [0, 0.05) is 12.0 Å². The summed E-state index contributed by atoms with van der Waals surface area (Å²) < 4.78 is 24.0. The van der Waals surface area contributed by atoms with Gasteiger partial charge in [0.05, 0.1) is 22.9 Å². The molecule has 0 saturated carbocycles. The zero-order valence-corrected chi connectivity index (χ0v) is 19.6. The molecular weight excluding hydrogens is 429 g/mol. The zero-order valence-electron chi connectivity index (χ0n) is 17.7. The Labute approximate surface area is 188 Å². The monoisotopic (exact) mass is 456 g/mol. The van der Waals surface area contributed by atoms with E-state index in [1.54, 1.807) is 6.92 Å². The quantitative estimate of drug-likeness (QED) is 0.215. The highest BCUT2D eigenvalue weighted by Gasteiger charge is 2.53. The van der Waals surface area contributed by atoms with Crippen molar-refractivity contribution in [2.75, 3.05) is 19.0 Å². The van der Waals surface area contributed by atoms with Crippen molar-refractivity contribution in [2.45, 2.75) is 30.6 Å². The average molecular weight is 457 g/mol. The zero-order chi connectivity index (χ0) is 22.1. The number of ether oxygens (including phenoxy) is 2. The van der Waals surface area contributed by atoms with Gasteiger partial charge in [-0.05, 0) is 38.0 Å². The van der Waals surface area contributed by atoms with Crippen molar-refractivity contribution in [1.29, 1.82) is 0 Å². The minimum atomic E-state index is -1.17. The van der Waals surface area contributed by atoms with Crippen LogP contribution in [0.25, 0.3) is 10.9 Å². The summed E-state index contributed by atoms with van der Waals surface area (Å²) in [6, 6.07) is 21.5. The molecule has 0 spiro atoms. The molecule has 3 aromatic rings. The maximum atomic E-state index is 13.0. The minimum Gasteiger partial charge on any atom is -0.466 e. The average Bonchev–Trinajstić information content (AvgIpc) is 2.81. The molecule has 0 N–H and O–H groups in total. The van der Waals surface area contributed by atoms with Gasteiger partial charge in [0.15, 0.2) is 0 Å². The third-order valence-corrected chi connectivity index (χ3v) is 7.37. The summed E-state index contributed by atoms with van der Waals surface area (Å²) in [4.78, 5) is 17.6. The second kappa shape index (κ2) is 11.4. The van der Waals surface area contributed by atoms with Crippen LogP contribution in [0.15, 0.2) is 71.8 Å². The van der Waals surface area contributed by atoms with Crippen molar-refractivity contribution in [3.8, 4) is 0 Å². The number of fused-ring (bicyclic) bond motifs is 1. The van der Waals surface area contributed by atoms with E-state index < -0.39 is 25.7 Å². The van der Waals surface area contributed by atoms with Crippen molar-refractivity contribution in [3.63, 3.8) is 0 Å². The van der Waals surface area contributed by atoms with Crippen LogP contribution < -0.4 is 0 Å². The summed E-state index contributed by atoms with van der Waals surface area (Å²) in [5.74, 6) is -0.765. The summed E-state index contributed by atoms with van der Waals surface area (Å²) in [7, 11) is -0.833. The summed E-state index contributed by atoms with van der Waals surface area (Å²) in [6.07, 6.45) is 0.390. The predicted octanol–water partition coefficient (Wildman–Crippen LogP) is 5.51. The van der Waals surface area contributed by atoms with E-state index in [2.05, 4.69) is 4.98 Å². The number of aromatic nitrogens is 1. The van der Waals surface area contributed by atoms with E-state index >= 15 is 0 Å². The number of hydrogen-bond donors (Lipinski definition) is 0. The summed E-state index contributed by atoms with van der Waals surface area (Å²) >= 11 is 1.44. The molecule has 0 fully saturated rings. The first-order valence-corrected chi connectivity index (χ1v) is 12.2. The first-order chi connectivity index (χ1) is 15.1. The van der Waals surface area contributed by atoms with Gasteiger partial charge in [-0.25, -0.2) is 4.98 Å². The van der Waals surface area contributed by atoms with Gasteiger partial charge >= 0.3 is 14.4 Å². The molecule has 0 radical (unpaired) electrons. The Kier molecular flexibility index (Phi) is 8.59. The molecule has 162 valence electrons. The molecule has 31 heavy (non-hydrogen) atoms. The van der Waals surface area contributed by atoms with Crippen LogP contribution in [0.5, 0.6) is 0 Å². The lowest BCUT2D eigenvalue weighted by Crippen LogP contribution is -2.44. The van der Waals surface area contributed by atoms with E-state index in [1.165, 1.54) is 11.8 Å². The lowest BCUT2D eigenvalue weighted by Gasteiger charge is -2.28. The Morgan fingerprint density at radius 1 is 1.03 bits per heavy atom. The lowest BCUT2D eigenvalue weighted by atomic mass is 9.94. The van der Waals surface area contributed by atoms with E-state index in [-0.39, 0.29) is 6.61 Å². The standard InChI is InChI=1S/C24H26NO4PS/c1-3-28-23(26)20(16-18-10-6-5-7-11-18)24(30-27,29-4-2)17-31-22-15-14-19-12-8-9-13-21(19)25-22/h5-15,20H,3-4,16-17H2,1-2H3/p+1. The molecule has 0 aliphatic rings. The van der Waals surface area contributed by atoms with Crippen LogP contribution in [-0.4, -0.2) is 35.3 Å². The third-order valence-electron chi connectivity index (χ3n) is 5.00. The Hall–Kier alpha value is -2.27. The number of esters is 1. The van der Waals surface area contributed by atoms with Gasteiger partial charge in [-0.3, -0.25) is 4.79 Å². The fourth-order valence-electron chi connectivity index (χ4n) is 3.47. The molecule has 1 aromatic heterocycles. The van der Waals surface area contributed by atoms with Crippen molar-refractivity contribution >= 4 is 37.1 Å². The van der Waals surface area contributed by atoms with Gasteiger partial charge in [0.25, 0.3) is 5.34 Å². The van der Waals surface area contributed by atoms with Crippen LogP contribution in [0.4, 0.5) is 0 Å². The highest BCUT2D eigenvalue weighted by atomic mass is 32.2. The molecule has 0 aliphatic heterocycles. The van der Waals surface area contributed by atoms with E-state index in [1.807, 2.05) is 73.7 Å². The molecule has 0 amide bonds. The van der Waals surface area contributed by atoms with E-state index in [0.29, 0.717) is 18.8 Å². The number of pyridine rings is 1. The molecule has 2 aromatic carbocycles. The first kappa shape index (κ1) is 23.4. The van der Waals surface area contributed by atoms with Crippen LogP contribution in [0.2, 0.25) is 0 Å². The number of carbonyl (C=O) groups excluding carboxylic acids is 1.